The van der Waals surface area contributed by atoms with Crippen LogP contribution in [-0.2, 0) is 16.4 Å². The lowest BCUT2D eigenvalue weighted by Gasteiger charge is -2.24. The third-order valence-electron chi connectivity index (χ3n) is 4.26. The van der Waals surface area contributed by atoms with Gasteiger partial charge in [-0.2, -0.15) is 0 Å². The minimum atomic E-state index is -2.94. The average molecular weight is 355 g/mol. The number of hydrogen-bond donors (Lipinski definition) is 1. The molecule has 1 aliphatic heterocycles. The van der Waals surface area contributed by atoms with Gasteiger partial charge in [0.2, 0.25) is 0 Å². The van der Waals surface area contributed by atoms with Crippen molar-refractivity contribution in [2.75, 3.05) is 18.6 Å². The number of aromatic nitrogens is 1. The number of nitrogens with zero attached hydrogens (tertiary/aromatic N) is 1. The molecule has 3 rings (SSSR count). The fourth-order valence-electron chi connectivity index (χ4n) is 2.88. The highest BCUT2D eigenvalue weighted by molar-refractivity contribution is 7.91. The van der Waals surface area contributed by atoms with Crippen molar-refractivity contribution in [2.45, 2.75) is 25.4 Å². The first-order valence-corrected chi connectivity index (χ1v) is 9.59. The Labute approximate surface area is 140 Å². The van der Waals surface area contributed by atoms with E-state index in [4.69, 9.17) is 16.3 Å². The number of pyridine rings is 1. The molecule has 2 heterocycles. The Hall–Kier alpha value is -1.37. The van der Waals surface area contributed by atoms with Gasteiger partial charge in [-0.3, -0.25) is 0 Å². The number of nitrogens with one attached hydrogen (secondary N) is 1. The fourth-order valence-corrected chi connectivity index (χ4v) is 5.21. The van der Waals surface area contributed by atoms with Crippen LogP contribution >= 0.6 is 11.6 Å². The summed E-state index contributed by atoms with van der Waals surface area (Å²) >= 11 is 6.28. The summed E-state index contributed by atoms with van der Waals surface area (Å²) in [6, 6.07) is 7.62. The molecule has 23 heavy (non-hydrogen) atoms. The van der Waals surface area contributed by atoms with Crippen LogP contribution in [0.2, 0.25) is 5.15 Å². The molecule has 0 amide bonds. The number of rotatable bonds is 4. The zero-order chi connectivity index (χ0) is 16.7. The molecule has 2 aromatic rings. The van der Waals surface area contributed by atoms with Gasteiger partial charge in [-0.1, -0.05) is 11.6 Å². The molecule has 0 bridgehead atoms. The number of benzene rings is 1. The van der Waals surface area contributed by atoms with Crippen molar-refractivity contribution in [1.29, 1.82) is 0 Å². The molecule has 1 aliphatic rings. The molecule has 1 N–H and O–H groups in total. The maximum atomic E-state index is 11.7. The van der Waals surface area contributed by atoms with Gasteiger partial charge >= 0.3 is 0 Å². The molecule has 1 aromatic carbocycles. The van der Waals surface area contributed by atoms with E-state index in [1.54, 1.807) is 7.11 Å². The summed E-state index contributed by atoms with van der Waals surface area (Å²) in [4.78, 5) is 4.41. The Morgan fingerprint density at radius 3 is 2.83 bits per heavy atom. The van der Waals surface area contributed by atoms with Crippen molar-refractivity contribution in [3.8, 4) is 5.75 Å². The molecule has 124 valence electrons. The molecule has 7 heteroatoms. The van der Waals surface area contributed by atoms with E-state index in [9.17, 15) is 8.42 Å². The van der Waals surface area contributed by atoms with E-state index in [0.29, 0.717) is 18.1 Å². The Balaban J connectivity index is 1.82. The summed E-state index contributed by atoms with van der Waals surface area (Å²) in [5.74, 6) is 1.13. The molecule has 5 nitrogen and oxygen atoms in total. The second-order valence-electron chi connectivity index (χ2n) is 6.25. The van der Waals surface area contributed by atoms with Crippen LogP contribution in [0.15, 0.2) is 24.3 Å². The van der Waals surface area contributed by atoms with E-state index in [1.807, 2.05) is 31.2 Å². The largest absolute Gasteiger partial charge is 0.497 e. The van der Waals surface area contributed by atoms with Gasteiger partial charge in [0.05, 0.1) is 24.1 Å². The Morgan fingerprint density at radius 1 is 1.39 bits per heavy atom. The van der Waals surface area contributed by atoms with E-state index in [2.05, 4.69) is 10.3 Å². The molecule has 1 aromatic heterocycles. The van der Waals surface area contributed by atoms with Gasteiger partial charge in [0.15, 0.2) is 9.84 Å². The molecular formula is C16H19ClN2O3S. The fraction of sp³-hybridized carbons (Fsp3) is 0.438. The number of ether oxygens (including phenoxy) is 1. The molecule has 1 unspecified atom stereocenters. The van der Waals surface area contributed by atoms with Gasteiger partial charge in [0, 0.05) is 29.1 Å². The molecule has 0 saturated carbocycles. The number of hydrogen-bond acceptors (Lipinski definition) is 5. The summed E-state index contributed by atoms with van der Waals surface area (Å²) < 4.78 is 28.5. The molecule has 1 saturated heterocycles. The van der Waals surface area contributed by atoms with Gasteiger partial charge in [-0.05, 0) is 31.5 Å². The minimum absolute atomic E-state index is 0.163. The highest BCUT2D eigenvalue weighted by Gasteiger charge is 2.37. The first-order valence-electron chi connectivity index (χ1n) is 7.39. The predicted molar refractivity (Wildman–Crippen MR) is 91.8 cm³/mol. The Kier molecular flexibility index (Phi) is 4.25. The third kappa shape index (κ3) is 3.59. The Bertz CT molecular complexity index is 854. The second kappa shape index (κ2) is 5.92. The molecular weight excluding hydrogens is 336 g/mol. The van der Waals surface area contributed by atoms with Crippen molar-refractivity contribution >= 4 is 32.3 Å². The molecule has 0 spiro atoms. The van der Waals surface area contributed by atoms with Gasteiger partial charge in [0.25, 0.3) is 0 Å². The lowest BCUT2D eigenvalue weighted by atomic mass is 10.0. The number of fused-ring (bicyclic) bond motifs is 1. The van der Waals surface area contributed by atoms with Crippen LogP contribution < -0.4 is 10.1 Å². The predicted octanol–water partition coefficient (Wildman–Crippen LogP) is 2.56. The van der Waals surface area contributed by atoms with Crippen molar-refractivity contribution in [3.05, 3.63) is 35.0 Å². The average Bonchev–Trinajstić information content (AvgIpc) is 2.78. The molecule has 0 aliphatic carbocycles. The van der Waals surface area contributed by atoms with Crippen molar-refractivity contribution in [2.24, 2.45) is 0 Å². The van der Waals surface area contributed by atoms with Crippen LogP contribution in [0.5, 0.6) is 5.75 Å². The van der Waals surface area contributed by atoms with Crippen LogP contribution in [-0.4, -0.2) is 37.6 Å². The number of sulfone groups is 1. The van der Waals surface area contributed by atoms with E-state index in [-0.39, 0.29) is 11.5 Å². The third-order valence-corrected chi connectivity index (χ3v) is 6.49. The van der Waals surface area contributed by atoms with Gasteiger partial charge in [-0.25, -0.2) is 13.4 Å². The normalized spacial score (nSPS) is 23.3. The summed E-state index contributed by atoms with van der Waals surface area (Å²) in [5.41, 5.74) is 1.22. The van der Waals surface area contributed by atoms with Gasteiger partial charge < -0.3 is 10.1 Å². The molecule has 0 radical (unpaired) electrons. The number of methoxy groups -OCH3 is 1. The molecule has 1 fully saturated rings. The van der Waals surface area contributed by atoms with E-state index in [0.717, 1.165) is 22.2 Å². The summed E-state index contributed by atoms with van der Waals surface area (Å²) in [6.07, 6.45) is 0.616. The maximum Gasteiger partial charge on any atom is 0.152 e. The zero-order valence-corrected chi connectivity index (χ0v) is 14.7. The SMILES string of the molecule is COc1ccc2cc(CNC3(C)CCS(=O)(=O)C3)c(Cl)nc2c1. The van der Waals surface area contributed by atoms with Crippen molar-refractivity contribution in [3.63, 3.8) is 0 Å². The van der Waals surface area contributed by atoms with Crippen LogP contribution in [0, 0.1) is 0 Å². The lowest BCUT2D eigenvalue weighted by Crippen LogP contribution is -2.42. The maximum absolute atomic E-state index is 11.7. The topological polar surface area (TPSA) is 68.3 Å². The van der Waals surface area contributed by atoms with Gasteiger partial charge in [-0.15, -0.1) is 0 Å². The standard InChI is InChI=1S/C16H19ClN2O3S/c1-16(5-6-23(20,21)10-16)18-9-12-7-11-3-4-13(22-2)8-14(11)19-15(12)17/h3-4,7-8,18H,5-6,9-10H2,1-2H3. The number of halogens is 1. The Morgan fingerprint density at radius 2 is 2.17 bits per heavy atom. The zero-order valence-electron chi connectivity index (χ0n) is 13.1. The van der Waals surface area contributed by atoms with Crippen LogP contribution in [0.1, 0.15) is 18.9 Å². The monoisotopic (exact) mass is 354 g/mol. The smallest absolute Gasteiger partial charge is 0.152 e. The van der Waals surface area contributed by atoms with Crippen LogP contribution in [0.4, 0.5) is 0 Å². The quantitative estimate of drug-likeness (QED) is 0.855. The van der Waals surface area contributed by atoms with Crippen LogP contribution in [0.25, 0.3) is 10.9 Å². The second-order valence-corrected chi connectivity index (χ2v) is 8.80. The van der Waals surface area contributed by atoms with Crippen LogP contribution in [0.3, 0.4) is 0 Å². The van der Waals surface area contributed by atoms with Gasteiger partial charge in [0.1, 0.15) is 10.9 Å². The summed E-state index contributed by atoms with van der Waals surface area (Å²) in [6.45, 7) is 2.42. The first kappa shape index (κ1) is 16.5. The van der Waals surface area contributed by atoms with Crippen molar-refractivity contribution in [1.82, 2.24) is 10.3 Å². The highest BCUT2D eigenvalue weighted by Crippen LogP contribution is 2.27. The van der Waals surface area contributed by atoms with E-state index < -0.39 is 15.4 Å². The summed E-state index contributed by atoms with van der Waals surface area (Å²) in [7, 11) is -1.33. The molecule has 1 atom stereocenters. The van der Waals surface area contributed by atoms with E-state index in [1.165, 1.54) is 0 Å². The summed E-state index contributed by atoms with van der Waals surface area (Å²) in [5, 5.41) is 4.72. The lowest BCUT2D eigenvalue weighted by molar-refractivity contribution is 0.395. The first-order chi connectivity index (χ1) is 10.8. The van der Waals surface area contributed by atoms with E-state index >= 15 is 0 Å². The highest BCUT2D eigenvalue weighted by atomic mass is 35.5. The van der Waals surface area contributed by atoms with Crippen molar-refractivity contribution < 1.29 is 13.2 Å². The minimum Gasteiger partial charge on any atom is -0.497 e.